The second-order valence-corrected chi connectivity index (χ2v) is 5.18. The molecular weight excluding hydrogens is 242 g/mol. The van der Waals surface area contributed by atoms with Crippen LogP contribution in [0.5, 0.6) is 0 Å². The summed E-state index contributed by atoms with van der Waals surface area (Å²) in [7, 11) is 0. The van der Waals surface area contributed by atoms with Crippen molar-refractivity contribution in [1.29, 1.82) is 0 Å². The Morgan fingerprint density at radius 1 is 1.39 bits per heavy atom. The van der Waals surface area contributed by atoms with Gasteiger partial charge in [0.1, 0.15) is 0 Å². The molecule has 0 amide bonds. The number of thiazole rings is 1. The van der Waals surface area contributed by atoms with Gasteiger partial charge in [-0.2, -0.15) is 0 Å². The average molecular weight is 261 g/mol. The van der Waals surface area contributed by atoms with Crippen molar-refractivity contribution in [2.75, 3.05) is 0 Å². The molecule has 18 heavy (non-hydrogen) atoms. The Kier molecular flexibility index (Phi) is 4.70. The number of nitrogens with zero attached hydrogens (tertiary/aromatic N) is 3. The highest BCUT2D eigenvalue weighted by molar-refractivity contribution is 7.07. The molecule has 2 heterocycles. The molecule has 0 fully saturated rings. The molecule has 0 aromatic carbocycles. The monoisotopic (exact) mass is 261 g/mol. The van der Waals surface area contributed by atoms with Crippen LogP contribution in [0.3, 0.4) is 0 Å². The van der Waals surface area contributed by atoms with Crippen LogP contribution >= 0.6 is 11.3 Å². The van der Waals surface area contributed by atoms with Gasteiger partial charge in [-0.25, -0.2) is 4.99 Å². The quantitative estimate of drug-likeness (QED) is 0.755. The summed E-state index contributed by atoms with van der Waals surface area (Å²) in [6.45, 7) is 5.43. The summed E-state index contributed by atoms with van der Waals surface area (Å²) >= 11 is 1.70. The Bertz CT molecular complexity index is 540. The molecule has 0 unspecified atom stereocenters. The van der Waals surface area contributed by atoms with Crippen LogP contribution in [0.4, 0.5) is 5.69 Å². The van der Waals surface area contributed by atoms with Gasteiger partial charge in [0, 0.05) is 23.8 Å². The van der Waals surface area contributed by atoms with Gasteiger partial charge in [0.25, 0.3) is 0 Å². The summed E-state index contributed by atoms with van der Waals surface area (Å²) in [5, 5.41) is 2.17. The molecule has 0 N–H and O–H groups in total. The Hall–Kier alpha value is -1.42. The van der Waals surface area contributed by atoms with Gasteiger partial charge in [0.05, 0.1) is 11.9 Å². The van der Waals surface area contributed by atoms with Gasteiger partial charge < -0.3 is 4.57 Å². The molecule has 3 nitrogen and oxygen atoms in total. The Morgan fingerprint density at radius 3 is 3.00 bits per heavy atom. The summed E-state index contributed by atoms with van der Waals surface area (Å²) in [4.78, 5) is 9.82. The summed E-state index contributed by atoms with van der Waals surface area (Å²) in [6.07, 6.45) is 7.31. The van der Waals surface area contributed by atoms with Crippen LogP contribution in [0.2, 0.25) is 0 Å². The molecule has 4 heteroatoms. The minimum atomic E-state index is 0.920. The molecule has 0 radical (unpaired) electrons. The number of hydrogen-bond donors (Lipinski definition) is 0. The molecule has 2 aromatic rings. The van der Waals surface area contributed by atoms with Crippen LogP contribution in [0, 0.1) is 6.92 Å². The number of aryl methyl sites for hydroxylation is 1. The fourth-order valence-electron chi connectivity index (χ4n) is 1.83. The van der Waals surface area contributed by atoms with E-state index in [1.54, 1.807) is 23.7 Å². The average Bonchev–Trinajstić information content (AvgIpc) is 2.73. The maximum absolute atomic E-state index is 4.66. The van der Waals surface area contributed by atoms with Crippen molar-refractivity contribution < 1.29 is 0 Å². The van der Waals surface area contributed by atoms with Crippen LogP contribution in [0.15, 0.2) is 34.9 Å². The Morgan fingerprint density at radius 2 is 2.28 bits per heavy atom. The van der Waals surface area contributed by atoms with Gasteiger partial charge in [0.15, 0.2) is 4.80 Å². The molecule has 0 aliphatic rings. The molecule has 0 atom stereocenters. The van der Waals surface area contributed by atoms with Crippen molar-refractivity contribution in [1.82, 2.24) is 9.55 Å². The first kappa shape index (κ1) is 13.0. The zero-order valence-electron chi connectivity index (χ0n) is 11.0. The lowest BCUT2D eigenvalue weighted by atomic mass is 10.2. The van der Waals surface area contributed by atoms with E-state index in [9.17, 15) is 0 Å². The number of unbranched alkanes of at least 4 members (excludes halogenated alkanes) is 2. The summed E-state index contributed by atoms with van der Waals surface area (Å²) in [5.41, 5.74) is 2.21. The lowest BCUT2D eigenvalue weighted by molar-refractivity contribution is 0.581. The highest BCUT2D eigenvalue weighted by atomic mass is 32.1. The lowest BCUT2D eigenvalue weighted by Crippen LogP contribution is -2.16. The van der Waals surface area contributed by atoms with Gasteiger partial charge >= 0.3 is 0 Å². The van der Waals surface area contributed by atoms with E-state index in [1.165, 1.54) is 25.0 Å². The van der Waals surface area contributed by atoms with Crippen molar-refractivity contribution >= 4 is 17.0 Å². The molecule has 0 bridgehead atoms. The first-order valence-electron chi connectivity index (χ1n) is 6.41. The minimum absolute atomic E-state index is 0.920. The largest absolute Gasteiger partial charge is 0.321 e. The topological polar surface area (TPSA) is 30.2 Å². The fraction of sp³-hybridized carbons (Fsp3) is 0.429. The van der Waals surface area contributed by atoms with E-state index in [-0.39, 0.29) is 0 Å². The van der Waals surface area contributed by atoms with Crippen molar-refractivity contribution in [3.8, 4) is 0 Å². The van der Waals surface area contributed by atoms with Crippen LogP contribution in [0.25, 0.3) is 0 Å². The number of aromatic nitrogens is 2. The van der Waals surface area contributed by atoms with Gasteiger partial charge in [-0.3, -0.25) is 4.98 Å². The molecule has 0 aliphatic heterocycles. The summed E-state index contributed by atoms with van der Waals surface area (Å²) in [6, 6.07) is 3.90. The molecule has 2 rings (SSSR count). The third kappa shape index (κ3) is 3.29. The van der Waals surface area contributed by atoms with Crippen molar-refractivity contribution in [2.24, 2.45) is 4.99 Å². The molecule has 96 valence electrons. The molecule has 0 saturated heterocycles. The van der Waals surface area contributed by atoms with Gasteiger partial charge in [0.2, 0.25) is 0 Å². The van der Waals surface area contributed by atoms with Crippen LogP contribution in [-0.2, 0) is 6.54 Å². The highest BCUT2D eigenvalue weighted by Crippen LogP contribution is 2.09. The number of rotatable bonds is 5. The Labute approximate surface area is 112 Å². The molecular formula is C14H19N3S. The minimum Gasteiger partial charge on any atom is -0.321 e. The van der Waals surface area contributed by atoms with E-state index in [0.29, 0.717) is 0 Å². The van der Waals surface area contributed by atoms with E-state index >= 15 is 0 Å². The number of pyridine rings is 1. The van der Waals surface area contributed by atoms with E-state index in [4.69, 9.17) is 0 Å². The van der Waals surface area contributed by atoms with Gasteiger partial charge in [-0.05, 0) is 25.5 Å². The van der Waals surface area contributed by atoms with Crippen molar-refractivity contribution in [2.45, 2.75) is 39.7 Å². The zero-order chi connectivity index (χ0) is 12.8. The normalized spacial score (nSPS) is 12.0. The van der Waals surface area contributed by atoms with Crippen molar-refractivity contribution in [3.05, 3.63) is 40.4 Å². The molecule has 0 saturated carbocycles. The van der Waals surface area contributed by atoms with E-state index in [0.717, 1.165) is 17.0 Å². The van der Waals surface area contributed by atoms with Gasteiger partial charge in [-0.15, -0.1) is 11.3 Å². The van der Waals surface area contributed by atoms with Crippen LogP contribution in [-0.4, -0.2) is 9.55 Å². The molecule has 2 aromatic heterocycles. The second kappa shape index (κ2) is 6.50. The first-order valence-corrected chi connectivity index (χ1v) is 7.29. The smallest absolute Gasteiger partial charge is 0.190 e. The third-order valence-corrected chi connectivity index (χ3v) is 3.83. The lowest BCUT2D eigenvalue weighted by Gasteiger charge is -2.04. The maximum atomic E-state index is 4.66. The zero-order valence-corrected chi connectivity index (χ0v) is 11.8. The fourth-order valence-corrected chi connectivity index (χ4v) is 2.75. The van der Waals surface area contributed by atoms with Gasteiger partial charge in [-0.1, -0.05) is 19.8 Å². The van der Waals surface area contributed by atoms with E-state index in [1.807, 2.05) is 12.1 Å². The maximum Gasteiger partial charge on any atom is 0.190 e. The number of hydrogen-bond acceptors (Lipinski definition) is 3. The standard InChI is InChI=1S/C14H19N3S/c1-3-4-5-9-17-12(2)11-18-14(17)16-13-7-6-8-15-10-13/h6-8,10-11H,3-5,9H2,1-2H3. The Balaban J connectivity index is 2.25. The SMILES string of the molecule is CCCCCn1c(C)csc1=Nc1cccnc1. The van der Waals surface area contributed by atoms with Crippen molar-refractivity contribution in [3.63, 3.8) is 0 Å². The summed E-state index contributed by atoms with van der Waals surface area (Å²) < 4.78 is 2.30. The predicted molar refractivity (Wildman–Crippen MR) is 76.0 cm³/mol. The predicted octanol–water partition coefficient (Wildman–Crippen LogP) is 3.68. The summed E-state index contributed by atoms with van der Waals surface area (Å²) in [5.74, 6) is 0. The van der Waals surface area contributed by atoms with E-state index < -0.39 is 0 Å². The molecule has 0 spiro atoms. The second-order valence-electron chi connectivity index (χ2n) is 4.34. The van der Waals surface area contributed by atoms with Crippen LogP contribution < -0.4 is 4.80 Å². The third-order valence-electron chi connectivity index (χ3n) is 2.85. The molecule has 0 aliphatic carbocycles. The van der Waals surface area contributed by atoms with Crippen LogP contribution in [0.1, 0.15) is 31.9 Å². The van der Waals surface area contributed by atoms with E-state index in [2.05, 4.69) is 33.8 Å². The first-order chi connectivity index (χ1) is 8.81. The highest BCUT2D eigenvalue weighted by Gasteiger charge is 2.01.